The van der Waals surface area contributed by atoms with Crippen molar-refractivity contribution in [2.75, 3.05) is 4.72 Å². The predicted molar refractivity (Wildman–Crippen MR) is 144 cm³/mol. The monoisotopic (exact) mass is 704 g/mol. The van der Waals surface area contributed by atoms with Crippen molar-refractivity contribution in [3.05, 3.63) is 79.8 Å². The van der Waals surface area contributed by atoms with E-state index in [1.165, 1.54) is 42.7 Å². The number of carboxylic acid groups (broad SMARTS) is 1. The van der Waals surface area contributed by atoms with Crippen molar-refractivity contribution >= 4 is 87.7 Å². The van der Waals surface area contributed by atoms with E-state index in [2.05, 4.69) is 35.3 Å². The van der Waals surface area contributed by atoms with E-state index in [4.69, 9.17) is 0 Å². The molecule has 36 heavy (non-hydrogen) atoms. The van der Waals surface area contributed by atoms with E-state index < -0.39 is 33.8 Å². The zero-order chi connectivity index (χ0) is 26.0. The largest absolute Gasteiger partial charge is 0.480 e. The van der Waals surface area contributed by atoms with Crippen LogP contribution >= 0.6 is 50.1 Å². The summed E-state index contributed by atoms with van der Waals surface area (Å²) < 4.78 is 47.7. The van der Waals surface area contributed by atoms with Gasteiger partial charge < -0.3 is 10.4 Å². The van der Waals surface area contributed by atoms with Gasteiger partial charge in [0.25, 0.3) is 15.9 Å². The van der Waals surface area contributed by atoms with Crippen LogP contribution in [0.2, 0.25) is 0 Å². The van der Waals surface area contributed by atoms with E-state index in [0.29, 0.717) is 19.2 Å². The van der Waals surface area contributed by atoms with Crippen LogP contribution in [-0.4, -0.2) is 40.8 Å². The lowest BCUT2D eigenvalue weighted by Crippen LogP contribution is -2.42. The van der Waals surface area contributed by atoms with Crippen LogP contribution in [0.5, 0.6) is 0 Å². The Kier molecular flexibility index (Phi) is 7.87. The van der Waals surface area contributed by atoms with Crippen LogP contribution in [0.4, 0.5) is 10.1 Å². The average Bonchev–Trinajstić information content (AvgIpc) is 3.29. The number of hydrogen-bond acceptors (Lipinski definition) is 7. The summed E-state index contributed by atoms with van der Waals surface area (Å²) >= 11 is 6.13. The molecule has 4 rings (SSSR count). The molecule has 9 nitrogen and oxygen atoms in total. The normalized spacial score (nSPS) is 12.3. The van der Waals surface area contributed by atoms with Gasteiger partial charge in [-0.15, -0.1) is 0 Å². The van der Waals surface area contributed by atoms with Crippen molar-refractivity contribution < 1.29 is 27.5 Å². The second-order valence-electron chi connectivity index (χ2n) is 7.47. The summed E-state index contributed by atoms with van der Waals surface area (Å²) in [6.45, 7) is 0. The van der Waals surface area contributed by atoms with Crippen molar-refractivity contribution in [1.82, 2.24) is 14.7 Å². The summed E-state index contributed by atoms with van der Waals surface area (Å²) in [7, 11) is -4.22. The van der Waals surface area contributed by atoms with E-state index in [-0.39, 0.29) is 27.2 Å². The van der Waals surface area contributed by atoms with Crippen LogP contribution in [-0.2, 0) is 21.2 Å². The van der Waals surface area contributed by atoms with E-state index >= 15 is 0 Å². The summed E-state index contributed by atoms with van der Waals surface area (Å²) in [5.74, 6) is -2.62. The second kappa shape index (κ2) is 10.7. The lowest BCUT2D eigenvalue weighted by atomic mass is 10.0. The highest BCUT2D eigenvalue weighted by molar-refractivity contribution is 14.1. The number of carbonyl (C=O) groups excluding carboxylic acids is 1. The van der Waals surface area contributed by atoms with Crippen LogP contribution in [0.25, 0.3) is 10.1 Å². The van der Waals surface area contributed by atoms with E-state index in [0.717, 1.165) is 11.5 Å². The number of aromatic nitrogens is 2. The van der Waals surface area contributed by atoms with Gasteiger partial charge in [0.2, 0.25) is 0 Å². The Bertz CT molecular complexity index is 1600. The molecule has 0 aliphatic carbocycles. The number of halogens is 3. The number of anilines is 1. The molecule has 0 saturated carbocycles. The fourth-order valence-corrected chi connectivity index (χ4v) is 6.15. The molecule has 4 aromatic rings. The predicted octanol–water partition coefficient (Wildman–Crippen LogP) is 4.42. The molecule has 0 radical (unpaired) electrons. The van der Waals surface area contributed by atoms with Crippen LogP contribution in [0.1, 0.15) is 15.9 Å². The maximum atomic E-state index is 13.5. The molecule has 0 bridgehead atoms. The molecule has 0 aliphatic heterocycles. The van der Waals surface area contributed by atoms with Gasteiger partial charge in [0, 0.05) is 16.2 Å². The number of carbonyl (C=O) groups is 2. The van der Waals surface area contributed by atoms with Crippen molar-refractivity contribution in [3.63, 3.8) is 0 Å². The molecule has 2 aromatic carbocycles. The number of nitrogens with zero attached hydrogens (tertiary/aromatic N) is 2. The number of hydrogen-bond donors (Lipinski definition) is 3. The van der Waals surface area contributed by atoms with Gasteiger partial charge in [-0.25, -0.2) is 14.2 Å². The number of aliphatic carboxylic acids is 1. The SMILES string of the molecule is O=C(N[C@@H](Cc1ccc(F)c(Br)c1)C(=O)O)c1ccc(I)cc1NS(=O)(=O)c1nccc2sncc12. The molecular formula is C22H15BrFIN4O5S2. The Morgan fingerprint density at radius 1 is 1.19 bits per heavy atom. The summed E-state index contributed by atoms with van der Waals surface area (Å²) in [6, 6.07) is 8.74. The third-order valence-corrected chi connectivity index (χ3v) is 8.36. The van der Waals surface area contributed by atoms with Crippen molar-refractivity contribution in [3.8, 4) is 0 Å². The first kappa shape index (κ1) is 26.4. The van der Waals surface area contributed by atoms with Gasteiger partial charge in [-0.1, -0.05) is 6.07 Å². The summed E-state index contributed by atoms with van der Waals surface area (Å²) in [4.78, 5) is 28.9. The highest BCUT2D eigenvalue weighted by Crippen LogP contribution is 2.27. The molecule has 186 valence electrons. The first-order valence-electron chi connectivity index (χ1n) is 10.0. The molecule has 0 unspecified atom stereocenters. The minimum Gasteiger partial charge on any atom is -0.480 e. The summed E-state index contributed by atoms with van der Waals surface area (Å²) in [5, 5.41) is 12.2. The first-order valence-corrected chi connectivity index (χ1v) is 14.2. The molecule has 0 aliphatic rings. The fourth-order valence-electron chi connectivity index (χ4n) is 3.32. The molecule has 2 aromatic heterocycles. The van der Waals surface area contributed by atoms with Crippen LogP contribution in [0, 0.1) is 9.39 Å². The Morgan fingerprint density at radius 3 is 2.69 bits per heavy atom. The minimum atomic E-state index is -4.22. The Morgan fingerprint density at radius 2 is 1.97 bits per heavy atom. The van der Waals surface area contributed by atoms with E-state index in [1.54, 1.807) is 12.1 Å². The lowest BCUT2D eigenvalue weighted by Gasteiger charge is -2.17. The molecule has 1 amide bonds. The number of pyridine rings is 1. The van der Waals surface area contributed by atoms with Crippen LogP contribution in [0.3, 0.4) is 0 Å². The first-order chi connectivity index (χ1) is 17.0. The number of rotatable bonds is 8. The minimum absolute atomic E-state index is 0.0462. The Labute approximate surface area is 230 Å². The molecule has 0 spiro atoms. The van der Waals surface area contributed by atoms with Gasteiger partial charge in [0.15, 0.2) is 5.03 Å². The van der Waals surface area contributed by atoms with Crippen molar-refractivity contribution in [2.45, 2.75) is 17.5 Å². The molecule has 0 fully saturated rings. The lowest BCUT2D eigenvalue weighted by molar-refractivity contribution is -0.139. The van der Waals surface area contributed by atoms with Crippen molar-refractivity contribution in [1.29, 1.82) is 0 Å². The smallest absolute Gasteiger partial charge is 0.326 e. The Hall–Kier alpha value is -2.69. The highest BCUT2D eigenvalue weighted by atomic mass is 127. The molecule has 0 saturated heterocycles. The van der Waals surface area contributed by atoms with Gasteiger partial charge in [-0.2, -0.15) is 12.8 Å². The standard InChI is InChI=1S/C22H15BrFIN4O5S2/c23-15-7-11(1-4-16(15)24)8-18(22(31)32)28-20(30)13-3-2-12(25)9-17(13)29-36(33,34)21-14-10-27-35-19(14)5-6-26-21/h1-7,9-10,18,29H,8H2,(H,28,30)(H,31,32)/t18-/m0/s1. The number of carboxylic acids is 1. The van der Waals surface area contributed by atoms with Gasteiger partial charge in [-0.05, 0) is 92.0 Å². The molecular weight excluding hydrogens is 690 g/mol. The third-order valence-electron chi connectivity index (χ3n) is 5.00. The summed E-state index contributed by atoms with van der Waals surface area (Å²) in [6.07, 6.45) is 2.63. The van der Waals surface area contributed by atoms with Gasteiger partial charge in [-0.3, -0.25) is 9.52 Å². The Balaban J connectivity index is 1.62. The number of benzene rings is 2. The van der Waals surface area contributed by atoms with Gasteiger partial charge in [0.05, 0.1) is 32.0 Å². The summed E-state index contributed by atoms with van der Waals surface area (Å²) in [5.41, 5.74) is 0.347. The van der Waals surface area contributed by atoms with Crippen LogP contribution < -0.4 is 10.0 Å². The number of sulfonamides is 1. The molecule has 2 heterocycles. The molecule has 3 N–H and O–H groups in total. The molecule has 1 atom stereocenters. The maximum absolute atomic E-state index is 13.5. The topological polar surface area (TPSA) is 138 Å². The second-order valence-corrected chi connectivity index (χ2v) is 12.0. The zero-order valence-corrected chi connectivity index (χ0v) is 23.3. The van der Waals surface area contributed by atoms with E-state index in [9.17, 15) is 27.5 Å². The number of fused-ring (bicyclic) bond motifs is 1. The third kappa shape index (κ3) is 5.82. The fraction of sp³-hybridized carbons (Fsp3) is 0.0909. The van der Waals surface area contributed by atoms with Gasteiger partial charge in [0.1, 0.15) is 11.9 Å². The number of nitrogens with one attached hydrogen (secondary N) is 2. The van der Waals surface area contributed by atoms with Crippen molar-refractivity contribution in [2.24, 2.45) is 0 Å². The quantitative estimate of drug-likeness (QED) is 0.231. The maximum Gasteiger partial charge on any atom is 0.326 e. The van der Waals surface area contributed by atoms with E-state index in [1.807, 2.05) is 22.6 Å². The van der Waals surface area contributed by atoms with Gasteiger partial charge >= 0.3 is 5.97 Å². The highest BCUT2D eigenvalue weighted by Gasteiger charge is 2.26. The molecule has 14 heteroatoms. The van der Waals surface area contributed by atoms with Crippen LogP contribution in [0.15, 0.2) is 64.4 Å². The average molecular weight is 705 g/mol. The number of amides is 1. The zero-order valence-electron chi connectivity index (χ0n) is 17.9.